The molecular formula is C13H17ClN2O. The van der Waals surface area contributed by atoms with Crippen molar-refractivity contribution >= 4 is 22.5 Å². The van der Waals surface area contributed by atoms with E-state index in [1.807, 2.05) is 43.8 Å². The van der Waals surface area contributed by atoms with Crippen molar-refractivity contribution in [2.75, 3.05) is 7.11 Å². The monoisotopic (exact) mass is 252 g/mol. The van der Waals surface area contributed by atoms with E-state index in [-0.39, 0.29) is 0 Å². The summed E-state index contributed by atoms with van der Waals surface area (Å²) < 4.78 is 7.37. The van der Waals surface area contributed by atoms with Gasteiger partial charge in [0.25, 0.3) is 0 Å². The minimum Gasteiger partial charge on any atom is -0.495 e. The first kappa shape index (κ1) is 12.3. The molecule has 1 aromatic carbocycles. The summed E-state index contributed by atoms with van der Waals surface area (Å²) in [6.45, 7) is 3.94. The van der Waals surface area contributed by atoms with Crippen molar-refractivity contribution < 1.29 is 4.74 Å². The maximum absolute atomic E-state index is 6.29. The van der Waals surface area contributed by atoms with Crippen molar-refractivity contribution in [3.63, 3.8) is 0 Å². The second-order valence-corrected chi connectivity index (χ2v) is 5.26. The number of hydrogen-bond acceptors (Lipinski definition) is 2. The molecule has 0 aliphatic carbocycles. The molecule has 0 radical (unpaired) electrons. The van der Waals surface area contributed by atoms with E-state index < -0.39 is 5.54 Å². The fourth-order valence-electron chi connectivity index (χ4n) is 2.13. The Labute approximate surface area is 106 Å². The maximum Gasteiger partial charge on any atom is 0.143 e. The molecule has 1 heterocycles. The Hall–Kier alpha value is -1.19. The molecule has 2 N–H and O–H groups in total. The lowest BCUT2D eigenvalue weighted by Gasteiger charge is -2.18. The smallest absolute Gasteiger partial charge is 0.143 e. The first-order valence-electron chi connectivity index (χ1n) is 5.47. The molecule has 4 heteroatoms. The summed E-state index contributed by atoms with van der Waals surface area (Å²) >= 11 is 6.29. The molecule has 92 valence electrons. The fraction of sp³-hybridized carbons (Fsp3) is 0.385. The van der Waals surface area contributed by atoms with E-state index in [0.29, 0.717) is 5.02 Å². The fourth-order valence-corrected chi connectivity index (χ4v) is 2.38. The third kappa shape index (κ3) is 1.90. The van der Waals surface area contributed by atoms with Crippen molar-refractivity contribution in [1.82, 2.24) is 4.57 Å². The SMILES string of the molecule is COc1ccc(Cl)c2c(C(C)(C)N)cn(C)c12. The summed E-state index contributed by atoms with van der Waals surface area (Å²) in [7, 11) is 3.62. The standard InChI is InChI=1S/C13H17ClN2O/c1-13(2,15)8-7-16(3)12-10(17-4)6-5-9(14)11(8)12/h5-7H,15H2,1-4H3. The lowest BCUT2D eigenvalue weighted by atomic mass is 9.95. The molecule has 0 aliphatic heterocycles. The second kappa shape index (κ2) is 3.93. The van der Waals surface area contributed by atoms with Crippen LogP contribution in [0.4, 0.5) is 0 Å². The summed E-state index contributed by atoms with van der Waals surface area (Å²) in [6, 6.07) is 3.72. The van der Waals surface area contributed by atoms with Crippen LogP contribution in [0.15, 0.2) is 18.3 Å². The highest BCUT2D eigenvalue weighted by molar-refractivity contribution is 6.36. The molecule has 17 heavy (non-hydrogen) atoms. The van der Waals surface area contributed by atoms with E-state index in [4.69, 9.17) is 22.1 Å². The molecule has 0 atom stereocenters. The number of aromatic nitrogens is 1. The summed E-state index contributed by atoms with van der Waals surface area (Å²) in [5.41, 5.74) is 7.76. The van der Waals surface area contributed by atoms with Crippen LogP contribution in [0, 0.1) is 0 Å². The Morgan fingerprint density at radius 1 is 1.35 bits per heavy atom. The van der Waals surface area contributed by atoms with Crippen LogP contribution >= 0.6 is 11.6 Å². The Kier molecular flexibility index (Phi) is 2.84. The molecule has 0 aliphatic rings. The Morgan fingerprint density at radius 3 is 2.53 bits per heavy atom. The minimum atomic E-state index is -0.435. The van der Waals surface area contributed by atoms with Crippen LogP contribution in [0.3, 0.4) is 0 Å². The van der Waals surface area contributed by atoms with Crippen molar-refractivity contribution in [2.24, 2.45) is 12.8 Å². The van der Waals surface area contributed by atoms with Crippen LogP contribution in [0.25, 0.3) is 10.9 Å². The van der Waals surface area contributed by atoms with E-state index in [9.17, 15) is 0 Å². The molecule has 0 unspecified atom stereocenters. The summed E-state index contributed by atoms with van der Waals surface area (Å²) in [5.74, 6) is 0.808. The van der Waals surface area contributed by atoms with Gasteiger partial charge >= 0.3 is 0 Å². The third-order valence-electron chi connectivity index (χ3n) is 2.95. The van der Waals surface area contributed by atoms with Gasteiger partial charge in [0.1, 0.15) is 5.75 Å². The highest BCUT2D eigenvalue weighted by atomic mass is 35.5. The number of nitrogens with two attached hydrogens (primary N) is 1. The van der Waals surface area contributed by atoms with Crippen molar-refractivity contribution in [3.05, 3.63) is 28.9 Å². The number of methoxy groups -OCH3 is 1. The molecule has 0 saturated heterocycles. The summed E-state index contributed by atoms with van der Waals surface area (Å²) in [4.78, 5) is 0. The normalized spacial score (nSPS) is 12.1. The predicted octanol–water partition coefficient (Wildman–Crippen LogP) is 3.03. The van der Waals surface area contributed by atoms with Crippen LogP contribution in [0.1, 0.15) is 19.4 Å². The van der Waals surface area contributed by atoms with Crippen LogP contribution in [0.5, 0.6) is 5.75 Å². The number of ether oxygens (including phenoxy) is 1. The lowest BCUT2D eigenvalue weighted by Crippen LogP contribution is -2.28. The Balaban J connectivity index is 2.91. The Bertz CT molecular complexity index is 567. The summed E-state index contributed by atoms with van der Waals surface area (Å²) in [5, 5.41) is 1.68. The average Bonchev–Trinajstić information content (AvgIpc) is 2.58. The first-order chi connectivity index (χ1) is 7.86. The topological polar surface area (TPSA) is 40.2 Å². The van der Waals surface area contributed by atoms with Gasteiger partial charge in [0.15, 0.2) is 0 Å². The molecule has 0 amide bonds. The first-order valence-corrected chi connectivity index (χ1v) is 5.85. The summed E-state index contributed by atoms with van der Waals surface area (Å²) in [6.07, 6.45) is 2.01. The van der Waals surface area contributed by atoms with Gasteiger partial charge in [-0.25, -0.2) is 0 Å². The van der Waals surface area contributed by atoms with Gasteiger partial charge in [-0.05, 0) is 31.5 Å². The second-order valence-electron chi connectivity index (χ2n) is 4.85. The minimum absolute atomic E-state index is 0.435. The van der Waals surface area contributed by atoms with Crippen LogP contribution in [-0.4, -0.2) is 11.7 Å². The van der Waals surface area contributed by atoms with Crippen molar-refractivity contribution in [1.29, 1.82) is 0 Å². The van der Waals surface area contributed by atoms with E-state index in [1.165, 1.54) is 0 Å². The van der Waals surface area contributed by atoms with Crippen LogP contribution in [0.2, 0.25) is 5.02 Å². The number of fused-ring (bicyclic) bond motifs is 1. The van der Waals surface area contributed by atoms with Gasteiger partial charge in [-0.15, -0.1) is 0 Å². The zero-order valence-electron chi connectivity index (χ0n) is 10.5. The Morgan fingerprint density at radius 2 is 2.00 bits per heavy atom. The number of halogens is 1. The van der Waals surface area contributed by atoms with Gasteiger partial charge in [0.05, 0.1) is 17.6 Å². The molecule has 1 aromatic heterocycles. The number of rotatable bonds is 2. The molecule has 0 bridgehead atoms. The predicted molar refractivity (Wildman–Crippen MR) is 71.7 cm³/mol. The van der Waals surface area contributed by atoms with Gasteiger partial charge in [-0.2, -0.15) is 0 Å². The van der Waals surface area contributed by atoms with Crippen LogP contribution < -0.4 is 10.5 Å². The average molecular weight is 253 g/mol. The molecule has 2 aromatic rings. The van der Waals surface area contributed by atoms with E-state index >= 15 is 0 Å². The molecule has 0 fully saturated rings. The number of aryl methyl sites for hydroxylation is 1. The van der Waals surface area contributed by atoms with E-state index in [2.05, 4.69) is 0 Å². The molecule has 3 nitrogen and oxygen atoms in total. The van der Waals surface area contributed by atoms with Crippen LogP contribution in [-0.2, 0) is 12.6 Å². The van der Waals surface area contributed by atoms with E-state index in [0.717, 1.165) is 22.2 Å². The molecule has 0 spiro atoms. The third-order valence-corrected chi connectivity index (χ3v) is 3.26. The quantitative estimate of drug-likeness (QED) is 0.893. The van der Waals surface area contributed by atoms with Gasteiger partial charge in [0, 0.05) is 24.2 Å². The zero-order chi connectivity index (χ0) is 12.8. The maximum atomic E-state index is 6.29. The largest absolute Gasteiger partial charge is 0.495 e. The van der Waals surface area contributed by atoms with E-state index in [1.54, 1.807) is 7.11 Å². The highest BCUT2D eigenvalue weighted by Crippen LogP contribution is 2.38. The molecule has 0 saturated carbocycles. The highest BCUT2D eigenvalue weighted by Gasteiger charge is 2.23. The van der Waals surface area contributed by atoms with Crippen molar-refractivity contribution in [2.45, 2.75) is 19.4 Å². The molecular weight excluding hydrogens is 236 g/mol. The van der Waals surface area contributed by atoms with Crippen molar-refractivity contribution in [3.8, 4) is 5.75 Å². The molecule has 2 rings (SSSR count). The number of hydrogen-bond donors (Lipinski definition) is 1. The lowest BCUT2D eigenvalue weighted by molar-refractivity contribution is 0.418. The zero-order valence-corrected chi connectivity index (χ0v) is 11.3. The van der Waals surface area contributed by atoms with Gasteiger partial charge in [0.2, 0.25) is 0 Å². The van der Waals surface area contributed by atoms with Gasteiger partial charge in [-0.1, -0.05) is 11.6 Å². The number of nitrogens with zero attached hydrogens (tertiary/aromatic N) is 1. The number of benzene rings is 1. The van der Waals surface area contributed by atoms with Gasteiger partial charge < -0.3 is 15.0 Å². The van der Waals surface area contributed by atoms with Gasteiger partial charge in [-0.3, -0.25) is 0 Å².